The van der Waals surface area contributed by atoms with E-state index < -0.39 is 34.6 Å². The number of amidine groups is 1. The van der Waals surface area contributed by atoms with E-state index in [1.807, 2.05) is 186 Å². The number of benzene rings is 7. The number of nitrogens with zero attached hydrogens (tertiary/aromatic N) is 15. The maximum atomic E-state index is 14.6. The van der Waals surface area contributed by atoms with Gasteiger partial charge < -0.3 is 47.7 Å². The van der Waals surface area contributed by atoms with Gasteiger partial charge in [-0.3, -0.25) is 82.4 Å². The Morgan fingerprint density at radius 1 is 0.527 bits per heavy atom. The number of rotatable bonds is 24. The maximum absolute atomic E-state index is 14.6. The molecule has 37 heteroatoms. The predicted molar refractivity (Wildman–Crippen MR) is 553 cm³/mol. The highest BCUT2D eigenvalue weighted by molar-refractivity contribution is 9.09. The van der Waals surface area contributed by atoms with Gasteiger partial charge in [-0.05, 0) is 204 Å². The molecule has 0 bridgehead atoms. The number of hydrogen-bond acceptors (Lipinski definition) is 24. The number of hydrogen-bond donors (Lipinski definition) is 11. The lowest BCUT2D eigenvalue weighted by Crippen LogP contribution is -2.59. The Morgan fingerprint density at radius 2 is 0.979 bits per heavy atom. The van der Waals surface area contributed by atoms with Gasteiger partial charge in [-0.1, -0.05) is 155 Å². The zero-order valence-electron chi connectivity index (χ0n) is 81.7. The number of aliphatic imine (C=N–C) groups is 2. The average molecular weight is 2040 g/mol. The molecule has 0 spiro atoms. The number of likely N-dealkylation sites (N-methyl/N-ethyl adjacent to an activating group) is 1. The molecule has 5 aromatic heterocycles. The Morgan fingerprint density at radius 3 is 1.46 bits per heavy atom. The molecular formula is C109H115BrF4N26O6. The molecule has 4 aliphatic carbocycles. The minimum atomic E-state index is -3.69. The van der Waals surface area contributed by atoms with Crippen molar-refractivity contribution >= 4 is 79.6 Å². The third-order valence-electron chi connectivity index (χ3n) is 28.6. The van der Waals surface area contributed by atoms with Gasteiger partial charge in [-0.15, -0.1) is 0 Å². The van der Waals surface area contributed by atoms with Crippen LogP contribution in [0.15, 0.2) is 275 Å². The van der Waals surface area contributed by atoms with Gasteiger partial charge in [0.25, 0.3) is 22.6 Å². The van der Waals surface area contributed by atoms with Crippen molar-refractivity contribution in [2.75, 3.05) is 42.8 Å². The smallest absolute Gasteiger partial charge is 0.307 e. The van der Waals surface area contributed by atoms with Crippen LogP contribution in [0, 0.1) is 40.8 Å². The minimum absolute atomic E-state index is 0.0101. The van der Waals surface area contributed by atoms with Crippen LogP contribution >= 0.6 is 15.9 Å². The van der Waals surface area contributed by atoms with E-state index in [0.29, 0.717) is 70.4 Å². The number of anilines is 3. The molecule has 1 unspecified atom stereocenters. The molecule has 146 heavy (non-hydrogen) atoms. The second kappa shape index (κ2) is 42.8. The molecule has 10 aliphatic rings. The molecule has 4 saturated carbocycles. The number of ketones is 1. The lowest BCUT2D eigenvalue weighted by Gasteiger charge is -2.39. The van der Waals surface area contributed by atoms with Crippen LogP contribution in [0.5, 0.6) is 0 Å². The van der Waals surface area contributed by atoms with Gasteiger partial charge in [0.05, 0.1) is 71.0 Å². The van der Waals surface area contributed by atoms with Crippen LogP contribution in [0.4, 0.5) is 40.3 Å². The Kier molecular flexibility index (Phi) is 29.1. The van der Waals surface area contributed by atoms with Gasteiger partial charge in [-0.25, -0.2) is 34.3 Å². The summed E-state index contributed by atoms with van der Waals surface area (Å²) < 4.78 is 70.7. The van der Waals surface area contributed by atoms with Crippen molar-refractivity contribution in [1.82, 2.24) is 68.4 Å². The highest BCUT2D eigenvalue weighted by atomic mass is 79.9. The number of nitrogens with two attached hydrogens (primary N) is 1. The Hall–Kier alpha value is -15.5. The van der Waals surface area contributed by atoms with Crippen LogP contribution < -0.4 is 109 Å². The monoisotopic (exact) mass is 2040 g/mol. The van der Waals surface area contributed by atoms with Crippen molar-refractivity contribution in [3.63, 3.8) is 0 Å². The normalized spacial score (nSPS) is 20.5. The summed E-state index contributed by atoms with van der Waals surface area (Å²) in [7, 11) is 6.86. The standard InChI is InChI=1S/C30H30BrN7O.C29H28FN7O.C27H27F3N6O2.C23H30N6O2/c1-18-11-16-22(33-17-18)19-12-14-20(15-13-19)26(31)36-28(34-21-7-4-3-5-8-21)25-27(32)38-24-10-6-9-23(24)35-30(38)37(2)29(25)39;1-36-28(38)25(26(31)37-23-11-5-10-22(23)35-29(36)37)27(33-20-7-3-2-4-8-20)32-17-18-13-15-19(16-14-18)21-9-6-12-24(30)34-21;1-27(29,30)22(37)17-12-11-15(13-18(17)28)14-32-24(33-16-7-4-3-5-8-16)21-23(31)36-20-10-6-9-19(20)34-26(36)35(2)25(21)38;1-28-22(30)19(20(24)26-16-6-3-2-4-7-16)21(25-14-15-10-12-31-13-11-15)29-18-9-5-8-17(18)27-23(28)29/h3-5,7-8,11-17,23-24,26,32,34,36H,6,9-10H2,1-2H3;2-4,6-9,12-16,22-23,31-33H,5,10-11,17H2,1H3;3-5,7-8,11-13,19-20,31-33H,6,9-10,14H2,1-2H3;2-4,6-7,15,17-18,25H,5,8-14H2,1H3,(H2,24,26)/b28-25+,32-27?;27-25-,31-26?;24-21-,31-23?;/t23-,24+,26?;22-,23+;19-,20+;17-,18+/m1111/s1. The fourth-order valence-electron chi connectivity index (χ4n) is 20.9. The van der Waals surface area contributed by atoms with Crippen LogP contribution in [0.25, 0.3) is 40.0 Å². The molecule has 12 aromatic rings. The highest BCUT2D eigenvalue weighted by Gasteiger charge is 2.49. The zero-order valence-corrected chi connectivity index (χ0v) is 83.3. The molecule has 32 nitrogen and oxygen atoms in total. The molecule has 0 radical (unpaired) electrons. The fraction of sp³-hybridized carbons (Fsp3) is 0.330. The zero-order chi connectivity index (χ0) is 102. The van der Waals surface area contributed by atoms with E-state index in [1.165, 1.54) is 16.7 Å². The summed E-state index contributed by atoms with van der Waals surface area (Å²) in [5.74, 6) is -3.63. The van der Waals surface area contributed by atoms with E-state index >= 15 is 0 Å². The number of nitrogens with one attached hydrogen (secondary N) is 10. The first-order valence-corrected chi connectivity index (χ1v) is 50.4. The van der Waals surface area contributed by atoms with Crippen LogP contribution in [0.2, 0.25) is 0 Å². The number of para-hydroxylation sites is 4. The number of Topliss-reactive ketones (excluding diaryl/α,β-unsaturated/α-hetero) is 1. The molecule has 6 aliphatic heterocycles. The highest BCUT2D eigenvalue weighted by Crippen LogP contribution is 2.40. The molecule has 1 saturated heterocycles. The molecule has 11 heterocycles. The summed E-state index contributed by atoms with van der Waals surface area (Å²) in [5.41, 5.74) is 17.0. The quantitative estimate of drug-likeness (QED) is 0.00509. The van der Waals surface area contributed by atoms with Crippen molar-refractivity contribution in [2.24, 2.45) is 57.8 Å². The van der Waals surface area contributed by atoms with Crippen molar-refractivity contribution in [1.29, 1.82) is 16.2 Å². The summed E-state index contributed by atoms with van der Waals surface area (Å²) >= 11 is 3.78. The molecule has 22 rings (SSSR count). The number of alkyl halides is 3. The van der Waals surface area contributed by atoms with E-state index in [2.05, 4.69) is 79.1 Å². The number of carbonyl (C=O) groups excluding carboxylic acids is 2. The van der Waals surface area contributed by atoms with Gasteiger partial charge in [-0.2, -0.15) is 13.2 Å². The van der Waals surface area contributed by atoms with Crippen LogP contribution in [0.3, 0.4) is 0 Å². The second-order valence-corrected chi connectivity index (χ2v) is 39.2. The fourth-order valence-corrected chi connectivity index (χ4v) is 21.5. The summed E-state index contributed by atoms with van der Waals surface area (Å²) in [6.07, 6.45) is 16.0. The SMILES string of the molecule is CN1C(=O)C(C(N)=Nc2ccccc2)=C(NCC2CCOCC2)N2C1=N[C@@H]1CCC[C@@H]12.Cc1ccc(-c2ccc(C(Br)N/C(Nc3ccccc3)=c3/c(=O)n(C)c4n(c3=N)[C@H]3CCC[C@H]3N=4)cc2)nc1.Cn1c(=O)/c(=C(/NCc2ccc(-c3cccc(F)n3)cc2)Nc2ccccc2)c(=N)n2c1=N[C@@H]1CCC[C@@H]12.Cn1c(=O)/c(=C(/NCc2ccc(C(=O)C(C)(F)F)c(F)c2)Nc2ccccc2)c(=N)n2c1=N[C@@H]1CCC[C@@H]12. The molecular weight excluding hydrogens is 1930 g/mol. The first kappa shape index (κ1) is 99.2. The number of amides is 1. The third-order valence-corrected chi connectivity index (χ3v) is 29.3. The van der Waals surface area contributed by atoms with Crippen molar-refractivity contribution in [3.8, 4) is 22.5 Å². The van der Waals surface area contributed by atoms with E-state index in [0.717, 1.165) is 184 Å². The maximum Gasteiger partial charge on any atom is 0.307 e. The van der Waals surface area contributed by atoms with Crippen molar-refractivity contribution < 1.29 is 31.9 Å². The summed E-state index contributed by atoms with van der Waals surface area (Å²) in [6.45, 7) is 5.21. The predicted octanol–water partition coefficient (Wildman–Crippen LogP) is 10.5. The van der Waals surface area contributed by atoms with E-state index in [4.69, 9.17) is 46.7 Å². The number of ether oxygens (including phenoxy) is 1. The molecule has 5 fully saturated rings. The van der Waals surface area contributed by atoms with E-state index in [9.17, 15) is 41.5 Å². The Bertz CT molecular complexity index is 7930. The molecule has 1 amide bonds. The lowest BCUT2D eigenvalue weighted by molar-refractivity contribution is -0.123. The van der Waals surface area contributed by atoms with Gasteiger partial charge in [0.15, 0.2) is 0 Å². The third kappa shape index (κ3) is 20.6. The van der Waals surface area contributed by atoms with E-state index in [1.54, 1.807) is 71.1 Å². The van der Waals surface area contributed by atoms with Gasteiger partial charge in [0, 0.05) is 102 Å². The van der Waals surface area contributed by atoms with E-state index in [-0.39, 0.29) is 121 Å². The molecule has 12 N–H and O–H groups in total. The number of aromatic nitrogens is 8. The molecule has 9 atom stereocenters. The number of fused-ring (bicyclic) bond motifs is 12. The lowest BCUT2D eigenvalue weighted by atomic mass is 10.00. The summed E-state index contributed by atoms with van der Waals surface area (Å²) in [5, 5.41) is 51.3. The topological polar surface area (TPSA) is 400 Å². The first-order valence-electron chi connectivity index (χ1n) is 49.4. The molecule has 7 aromatic carbocycles. The largest absolute Gasteiger partial charge is 0.383 e. The Labute approximate surface area is 845 Å². The minimum Gasteiger partial charge on any atom is -0.383 e. The van der Waals surface area contributed by atoms with Crippen LogP contribution in [-0.4, -0.2) is 134 Å². The summed E-state index contributed by atoms with van der Waals surface area (Å²) in [6, 6.07) is 66.9. The Balaban J connectivity index is 0.000000123. The van der Waals surface area contributed by atoms with Gasteiger partial charge in [0.2, 0.25) is 34.5 Å². The van der Waals surface area contributed by atoms with Gasteiger partial charge in [0.1, 0.15) is 77.6 Å². The number of pyridine rings is 2. The molecule has 752 valence electrons. The van der Waals surface area contributed by atoms with Crippen LogP contribution in [-0.2, 0) is 43.8 Å². The van der Waals surface area contributed by atoms with Crippen LogP contribution in [0.1, 0.15) is 153 Å². The first-order chi connectivity index (χ1) is 70.6. The number of halogens is 5. The number of guanidine groups is 1. The number of aryl methyl sites for hydroxylation is 1. The average Bonchev–Trinajstić information content (AvgIpc) is 1.59. The summed E-state index contributed by atoms with van der Waals surface area (Å²) in [4.78, 5) is 102. The second-order valence-electron chi connectivity index (χ2n) is 38.3. The number of carbonyl (C=O) groups is 2. The van der Waals surface area contributed by atoms with Crippen molar-refractivity contribution in [3.05, 3.63) is 356 Å². The van der Waals surface area contributed by atoms with Gasteiger partial charge >= 0.3 is 5.92 Å². The van der Waals surface area contributed by atoms with Crippen molar-refractivity contribution in [2.45, 2.75) is 176 Å².